The van der Waals surface area contributed by atoms with Crippen LogP contribution in [0.2, 0.25) is 0 Å². The summed E-state index contributed by atoms with van der Waals surface area (Å²) in [6.45, 7) is 8.56. The summed E-state index contributed by atoms with van der Waals surface area (Å²) >= 11 is 0. The highest BCUT2D eigenvalue weighted by molar-refractivity contribution is 5.68. The summed E-state index contributed by atoms with van der Waals surface area (Å²) in [5.74, 6) is 0.867. The van der Waals surface area contributed by atoms with Crippen molar-refractivity contribution in [3.63, 3.8) is 0 Å². The predicted octanol–water partition coefficient (Wildman–Crippen LogP) is 3.95. The Balaban J connectivity index is 1.65. The second-order valence-corrected chi connectivity index (χ2v) is 8.01. The van der Waals surface area contributed by atoms with Crippen LogP contribution in [0.1, 0.15) is 72.1 Å². The summed E-state index contributed by atoms with van der Waals surface area (Å²) in [4.78, 5) is 13.9. The minimum absolute atomic E-state index is 0.158. The van der Waals surface area contributed by atoms with E-state index in [0.717, 1.165) is 38.4 Å². The molecule has 0 bridgehead atoms. The molecule has 1 aliphatic heterocycles. The van der Waals surface area contributed by atoms with Crippen LogP contribution in [0.3, 0.4) is 0 Å². The van der Waals surface area contributed by atoms with Gasteiger partial charge in [-0.2, -0.15) is 0 Å². The van der Waals surface area contributed by atoms with Gasteiger partial charge in [0.15, 0.2) is 0 Å². The van der Waals surface area contributed by atoms with Crippen molar-refractivity contribution < 1.29 is 9.53 Å². The molecule has 0 radical (unpaired) electrons. The number of rotatable bonds is 3. The summed E-state index contributed by atoms with van der Waals surface area (Å²) in [6.07, 6.45) is 10.4. The lowest BCUT2D eigenvalue weighted by molar-refractivity contribution is 0.0197. The molecular weight excluding hydrogens is 276 g/mol. The minimum atomic E-state index is -0.397. The van der Waals surface area contributed by atoms with Crippen molar-refractivity contribution in [2.75, 3.05) is 19.6 Å². The van der Waals surface area contributed by atoms with Gasteiger partial charge in [-0.25, -0.2) is 4.79 Å². The number of carbonyl (C=O) groups excluding carboxylic acids is 1. The van der Waals surface area contributed by atoms with Crippen molar-refractivity contribution in [1.29, 1.82) is 0 Å². The van der Waals surface area contributed by atoms with Crippen molar-refractivity contribution in [3.05, 3.63) is 0 Å². The number of ether oxygens (including phenoxy) is 1. The van der Waals surface area contributed by atoms with Crippen LogP contribution in [-0.2, 0) is 4.74 Å². The molecule has 0 aromatic rings. The van der Waals surface area contributed by atoms with Gasteiger partial charge in [0, 0.05) is 19.1 Å². The maximum atomic E-state index is 12.0. The van der Waals surface area contributed by atoms with Crippen LogP contribution < -0.4 is 5.32 Å². The molecule has 2 fully saturated rings. The number of nitrogens with zero attached hydrogens (tertiary/aromatic N) is 1. The Bertz CT molecular complexity index is 335. The van der Waals surface area contributed by atoms with Crippen molar-refractivity contribution in [3.8, 4) is 0 Å². The molecule has 0 atom stereocenters. The molecule has 1 saturated carbocycles. The maximum absolute atomic E-state index is 12.0. The van der Waals surface area contributed by atoms with E-state index in [0.29, 0.717) is 6.04 Å². The molecule has 1 heterocycles. The van der Waals surface area contributed by atoms with Crippen LogP contribution in [0.4, 0.5) is 4.79 Å². The van der Waals surface area contributed by atoms with Crippen LogP contribution in [0.5, 0.6) is 0 Å². The standard InChI is InChI=1S/C18H34N2O2/c1-18(2,3)22-17(21)20-12-10-16(11-13-20)19-14-15-8-6-4-5-7-9-15/h15-16,19H,4-14H2,1-3H3. The molecule has 22 heavy (non-hydrogen) atoms. The fourth-order valence-electron chi connectivity index (χ4n) is 3.49. The summed E-state index contributed by atoms with van der Waals surface area (Å²) in [5, 5.41) is 3.75. The van der Waals surface area contributed by atoms with Gasteiger partial charge in [0.25, 0.3) is 0 Å². The lowest BCUT2D eigenvalue weighted by Gasteiger charge is -2.34. The molecule has 4 heteroatoms. The third kappa shape index (κ3) is 6.15. The van der Waals surface area contributed by atoms with E-state index in [1.807, 2.05) is 25.7 Å². The predicted molar refractivity (Wildman–Crippen MR) is 90.0 cm³/mol. The quantitative estimate of drug-likeness (QED) is 0.803. The Labute approximate surface area is 136 Å². The molecule has 1 N–H and O–H groups in total. The van der Waals surface area contributed by atoms with Crippen LogP contribution >= 0.6 is 0 Å². The molecule has 2 rings (SSSR count). The SMILES string of the molecule is CC(C)(C)OC(=O)N1CCC(NCC2CCCCCC2)CC1. The van der Waals surface area contributed by atoms with Crippen molar-refractivity contribution in [2.45, 2.75) is 83.8 Å². The molecule has 0 aromatic heterocycles. The number of piperidine rings is 1. The fraction of sp³-hybridized carbons (Fsp3) is 0.944. The molecule has 0 unspecified atom stereocenters. The van der Waals surface area contributed by atoms with E-state index >= 15 is 0 Å². The van der Waals surface area contributed by atoms with Crippen LogP contribution in [0.15, 0.2) is 0 Å². The number of hydrogen-bond donors (Lipinski definition) is 1. The van der Waals surface area contributed by atoms with Gasteiger partial charge in [0.2, 0.25) is 0 Å². The topological polar surface area (TPSA) is 41.6 Å². The monoisotopic (exact) mass is 310 g/mol. The van der Waals surface area contributed by atoms with Crippen molar-refractivity contribution in [2.24, 2.45) is 5.92 Å². The second-order valence-electron chi connectivity index (χ2n) is 8.01. The first-order valence-electron chi connectivity index (χ1n) is 9.15. The van der Waals surface area contributed by atoms with Crippen LogP contribution in [0, 0.1) is 5.92 Å². The van der Waals surface area contributed by atoms with E-state index in [2.05, 4.69) is 5.32 Å². The Morgan fingerprint density at radius 3 is 2.18 bits per heavy atom. The molecule has 1 amide bonds. The van der Waals surface area contributed by atoms with E-state index < -0.39 is 5.60 Å². The van der Waals surface area contributed by atoms with Gasteiger partial charge in [-0.3, -0.25) is 0 Å². The Morgan fingerprint density at radius 1 is 1.05 bits per heavy atom. The smallest absolute Gasteiger partial charge is 0.410 e. The van der Waals surface area contributed by atoms with Gasteiger partial charge in [0.1, 0.15) is 5.60 Å². The molecule has 1 aliphatic carbocycles. The lowest BCUT2D eigenvalue weighted by Crippen LogP contribution is -2.47. The molecule has 4 nitrogen and oxygen atoms in total. The van der Waals surface area contributed by atoms with Gasteiger partial charge in [-0.15, -0.1) is 0 Å². The molecule has 2 aliphatic rings. The highest BCUT2D eigenvalue weighted by Crippen LogP contribution is 2.23. The average molecular weight is 310 g/mol. The molecule has 1 saturated heterocycles. The molecular formula is C18H34N2O2. The van der Waals surface area contributed by atoms with E-state index in [1.54, 1.807) is 0 Å². The highest BCUT2D eigenvalue weighted by Gasteiger charge is 2.27. The summed E-state index contributed by atoms with van der Waals surface area (Å²) in [5.41, 5.74) is -0.397. The minimum Gasteiger partial charge on any atom is -0.444 e. The first kappa shape index (κ1) is 17.6. The van der Waals surface area contributed by atoms with Gasteiger partial charge >= 0.3 is 6.09 Å². The summed E-state index contributed by atoms with van der Waals surface area (Å²) in [6, 6.07) is 0.571. The molecule has 128 valence electrons. The first-order chi connectivity index (χ1) is 10.4. The van der Waals surface area contributed by atoms with E-state index in [-0.39, 0.29) is 6.09 Å². The Morgan fingerprint density at radius 2 is 1.64 bits per heavy atom. The maximum Gasteiger partial charge on any atom is 0.410 e. The van der Waals surface area contributed by atoms with Crippen LogP contribution in [0.25, 0.3) is 0 Å². The second kappa shape index (κ2) is 8.19. The Hall–Kier alpha value is -0.770. The lowest BCUT2D eigenvalue weighted by atomic mass is 9.98. The fourth-order valence-corrected chi connectivity index (χ4v) is 3.49. The highest BCUT2D eigenvalue weighted by atomic mass is 16.6. The van der Waals surface area contributed by atoms with Crippen molar-refractivity contribution >= 4 is 6.09 Å². The van der Waals surface area contributed by atoms with E-state index in [4.69, 9.17) is 4.74 Å². The number of likely N-dealkylation sites (tertiary alicyclic amines) is 1. The molecule has 0 spiro atoms. The Kier molecular flexibility index (Phi) is 6.54. The number of hydrogen-bond acceptors (Lipinski definition) is 3. The van der Waals surface area contributed by atoms with E-state index in [1.165, 1.54) is 38.5 Å². The number of amides is 1. The zero-order valence-electron chi connectivity index (χ0n) is 14.7. The normalized spacial score (nSPS) is 22.4. The summed E-state index contributed by atoms with van der Waals surface area (Å²) in [7, 11) is 0. The van der Waals surface area contributed by atoms with Gasteiger partial charge in [-0.05, 0) is 58.9 Å². The largest absolute Gasteiger partial charge is 0.444 e. The van der Waals surface area contributed by atoms with Gasteiger partial charge in [0.05, 0.1) is 0 Å². The average Bonchev–Trinajstić information content (AvgIpc) is 2.72. The van der Waals surface area contributed by atoms with Gasteiger partial charge in [-0.1, -0.05) is 25.7 Å². The zero-order chi connectivity index (χ0) is 16.0. The molecule has 0 aromatic carbocycles. The van der Waals surface area contributed by atoms with Gasteiger partial charge < -0.3 is 15.0 Å². The first-order valence-corrected chi connectivity index (χ1v) is 9.15. The summed E-state index contributed by atoms with van der Waals surface area (Å²) < 4.78 is 5.45. The van der Waals surface area contributed by atoms with Crippen LogP contribution in [-0.4, -0.2) is 42.3 Å². The third-order valence-electron chi connectivity index (χ3n) is 4.82. The zero-order valence-corrected chi connectivity index (χ0v) is 14.7. The van der Waals surface area contributed by atoms with E-state index in [9.17, 15) is 4.79 Å². The third-order valence-corrected chi connectivity index (χ3v) is 4.82. The number of nitrogens with one attached hydrogen (secondary N) is 1. The van der Waals surface area contributed by atoms with Crippen molar-refractivity contribution in [1.82, 2.24) is 10.2 Å². The number of carbonyl (C=O) groups is 1.